The summed E-state index contributed by atoms with van der Waals surface area (Å²) in [5, 5.41) is 9.29. The Morgan fingerprint density at radius 1 is 1.24 bits per heavy atom. The van der Waals surface area contributed by atoms with Crippen molar-refractivity contribution in [3.8, 4) is 0 Å². The SMILES string of the molecule is CCc1c(C(=O)O)c(=O)cc(C)n1CCN1CCCCC1. The highest BCUT2D eigenvalue weighted by molar-refractivity contribution is 5.88. The summed E-state index contributed by atoms with van der Waals surface area (Å²) in [7, 11) is 0. The third-order valence-electron chi connectivity index (χ3n) is 4.26. The number of aryl methyl sites for hydroxylation is 1. The molecule has 0 amide bonds. The quantitative estimate of drug-likeness (QED) is 0.900. The zero-order valence-electron chi connectivity index (χ0n) is 12.9. The first-order chi connectivity index (χ1) is 10.0. The molecule has 0 aliphatic carbocycles. The van der Waals surface area contributed by atoms with E-state index in [1.807, 2.05) is 18.4 Å². The molecule has 2 heterocycles. The molecule has 1 aliphatic rings. The molecule has 1 saturated heterocycles. The highest BCUT2D eigenvalue weighted by atomic mass is 16.4. The third kappa shape index (κ3) is 3.53. The predicted octanol–water partition coefficient (Wildman–Crippen LogP) is 1.90. The van der Waals surface area contributed by atoms with E-state index in [0.29, 0.717) is 12.1 Å². The molecule has 0 bridgehead atoms. The summed E-state index contributed by atoms with van der Waals surface area (Å²) in [5.74, 6) is -1.12. The number of pyridine rings is 1. The number of aromatic carboxylic acids is 1. The molecule has 0 aromatic carbocycles. The van der Waals surface area contributed by atoms with Crippen LogP contribution in [0.4, 0.5) is 0 Å². The standard InChI is InChI=1S/C16H24N2O3/c1-3-13-15(16(20)21)14(19)11-12(2)18(13)10-9-17-7-5-4-6-8-17/h11H,3-10H2,1-2H3,(H,20,21). The van der Waals surface area contributed by atoms with Crippen LogP contribution < -0.4 is 5.43 Å². The molecular formula is C16H24N2O3. The average Bonchev–Trinajstić information content (AvgIpc) is 2.46. The molecule has 1 aromatic heterocycles. The lowest BCUT2D eigenvalue weighted by Crippen LogP contribution is -2.34. The van der Waals surface area contributed by atoms with Crippen molar-refractivity contribution in [3.05, 3.63) is 33.2 Å². The molecule has 5 nitrogen and oxygen atoms in total. The number of hydrogen-bond donors (Lipinski definition) is 1. The van der Waals surface area contributed by atoms with E-state index in [-0.39, 0.29) is 11.0 Å². The molecule has 0 unspecified atom stereocenters. The van der Waals surface area contributed by atoms with Gasteiger partial charge in [0, 0.05) is 30.5 Å². The van der Waals surface area contributed by atoms with Gasteiger partial charge in [0.1, 0.15) is 5.56 Å². The first-order valence-electron chi connectivity index (χ1n) is 7.73. The fourth-order valence-electron chi connectivity index (χ4n) is 3.16. The van der Waals surface area contributed by atoms with Crippen LogP contribution in [0.2, 0.25) is 0 Å². The molecular weight excluding hydrogens is 268 g/mol. The van der Waals surface area contributed by atoms with Gasteiger partial charge in [-0.15, -0.1) is 0 Å². The van der Waals surface area contributed by atoms with Gasteiger partial charge in [0.2, 0.25) is 0 Å². The van der Waals surface area contributed by atoms with Gasteiger partial charge in [-0.3, -0.25) is 4.79 Å². The number of rotatable bonds is 5. The maximum Gasteiger partial charge on any atom is 0.341 e. The van der Waals surface area contributed by atoms with Crippen LogP contribution in [0, 0.1) is 6.92 Å². The van der Waals surface area contributed by atoms with Gasteiger partial charge in [-0.25, -0.2) is 4.79 Å². The molecule has 1 aromatic rings. The topological polar surface area (TPSA) is 62.5 Å². The molecule has 1 fully saturated rings. The average molecular weight is 292 g/mol. The number of nitrogens with zero attached hydrogens (tertiary/aromatic N) is 2. The Bertz CT molecular complexity index is 572. The van der Waals surface area contributed by atoms with Crippen LogP contribution in [0.5, 0.6) is 0 Å². The van der Waals surface area contributed by atoms with Gasteiger partial charge in [-0.1, -0.05) is 13.3 Å². The van der Waals surface area contributed by atoms with Crippen molar-refractivity contribution in [2.24, 2.45) is 0 Å². The zero-order chi connectivity index (χ0) is 15.4. The van der Waals surface area contributed by atoms with Crippen molar-refractivity contribution in [1.29, 1.82) is 0 Å². The fourth-order valence-corrected chi connectivity index (χ4v) is 3.16. The highest BCUT2D eigenvalue weighted by Crippen LogP contribution is 2.12. The summed E-state index contributed by atoms with van der Waals surface area (Å²) in [6, 6.07) is 1.44. The summed E-state index contributed by atoms with van der Waals surface area (Å²) in [6.07, 6.45) is 4.34. The van der Waals surface area contributed by atoms with Crippen LogP contribution >= 0.6 is 0 Å². The summed E-state index contributed by atoms with van der Waals surface area (Å²) >= 11 is 0. The van der Waals surface area contributed by atoms with Gasteiger partial charge in [-0.05, 0) is 39.3 Å². The minimum Gasteiger partial charge on any atom is -0.477 e. The summed E-state index contributed by atoms with van der Waals surface area (Å²) in [5.41, 5.74) is 1.04. The fraction of sp³-hybridized carbons (Fsp3) is 0.625. The summed E-state index contributed by atoms with van der Waals surface area (Å²) in [4.78, 5) is 25.7. The van der Waals surface area contributed by atoms with E-state index in [0.717, 1.165) is 31.9 Å². The summed E-state index contributed by atoms with van der Waals surface area (Å²) in [6.45, 7) is 7.67. The number of aromatic nitrogens is 1. The Balaban J connectivity index is 2.27. The maximum absolute atomic E-state index is 11.9. The lowest BCUT2D eigenvalue weighted by Gasteiger charge is -2.28. The third-order valence-corrected chi connectivity index (χ3v) is 4.26. The van der Waals surface area contributed by atoms with Gasteiger partial charge in [-0.2, -0.15) is 0 Å². The largest absolute Gasteiger partial charge is 0.477 e. The van der Waals surface area contributed by atoms with Crippen LogP contribution in [-0.2, 0) is 13.0 Å². The molecule has 0 spiro atoms. The minimum atomic E-state index is -1.12. The Labute approximate surface area is 125 Å². The van der Waals surface area contributed by atoms with Crippen molar-refractivity contribution in [1.82, 2.24) is 9.47 Å². The van der Waals surface area contributed by atoms with Gasteiger partial charge in [0.15, 0.2) is 5.43 Å². The molecule has 0 atom stereocenters. The maximum atomic E-state index is 11.9. The molecule has 1 aliphatic heterocycles. The summed E-state index contributed by atoms with van der Waals surface area (Å²) < 4.78 is 2.00. The second kappa shape index (κ2) is 6.89. The van der Waals surface area contributed by atoms with Crippen molar-refractivity contribution >= 4 is 5.97 Å². The number of hydrogen-bond acceptors (Lipinski definition) is 3. The van der Waals surface area contributed by atoms with E-state index in [4.69, 9.17) is 0 Å². The van der Waals surface area contributed by atoms with E-state index >= 15 is 0 Å². The van der Waals surface area contributed by atoms with Crippen molar-refractivity contribution in [3.63, 3.8) is 0 Å². The number of likely N-dealkylation sites (tertiary alicyclic amines) is 1. The molecule has 116 valence electrons. The molecule has 5 heteroatoms. The number of carboxylic acid groups (broad SMARTS) is 1. The van der Waals surface area contributed by atoms with Crippen LogP contribution in [-0.4, -0.2) is 40.2 Å². The first-order valence-corrected chi connectivity index (χ1v) is 7.73. The number of carboxylic acids is 1. The molecule has 0 radical (unpaired) electrons. The lowest BCUT2D eigenvalue weighted by molar-refractivity contribution is 0.0693. The predicted molar refractivity (Wildman–Crippen MR) is 82.1 cm³/mol. The second-order valence-electron chi connectivity index (χ2n) is 5.68. The van der Waals surface area contributed by atoms with Crippen molar-refractivity contribution in [2.75, 3.05) is 19.6 Å². The van der Waals surface area contributed by atoms with Gasteiger partial charge in [0.05, 0.1) is 0 Å². The van der Waals surface area contributed by atoms with Crippen molar-refractivity contribution in [2.45, 2.75) is 46.1 Å². The van der Waals surface area contributed by atoms with E-state index in [1.165, 1.54) is 25.3 Å². The number of piperidine rings is 1. The van der Waals surface area contributed by atoms with Crippen LogP contribution in [0.3, 0.4) is 0 Å². The first kappa shape index (κ1) is 15.8. The number of carbonyl (C=O) groups is 1. The molecule has 0 saturated carbocycles. The minimum absolute atomic E-state index is 0.0678. The van der Waals surface area contributed by atoms with Crippen LogP contribution in [0.1, 0.15) is 47.9 Å². The zero-order valence-corrected chi connectivity index (χ0v) is 12.9. The van der Waals surface area contributed by atoms with E-state index in [1.54, 1.807) is 0 Å². The van der Waals surface area contributed by atoms with Gasteiger partial charge >= 0.3 is 5.97 Å². The highest BCUT2D eigenvalue weighted by Gasteiger charge is 2.19. The molecule has 21 heavy (non-hydrogen) atoms. The second-order valence-corrected chi connectivity index (χ2v) is 5.68. The van der Waals surface area contributed by atoms with Crippen LogP contribution in [0.15, 0.2) is 10.9 Å². The van der Waals surface area contributed by atoms with Gasteiger partial charge in [0.25, 0.3) is 0 Å². The normalized spacial score (nSPS) is 16.1. The van der Waals surface area contributed by atoms with E-state index < -0.39 is 5.97 Å². The van der Waals surface area contributed by atoms with E-state index in [2.05, 4.69) is 4.90 Å². The monoisotopic (exact) mass is 292 g/mol. The van der Waals surface area contributed by atoms with Crippen LogP contribution in [0.25, 0.3) is 0 Å². The van der Waals surface area contributed by atoms with Crippen molar-refractivity contribution < 1.29 is 9.90 Å². The lowest BCUT2D eigenvalue weighted by atomic mass is 10.1. The van der Waals surface area contributed by atoms with E-state index in [9.17, 15) is 14.7 Å². The van der Waals surface area contributed by atoms with Gasteiger partial charge < -0.3 is 14.6 Å². The Morgan fingerprint density at radius 2 is 1.90 bits per heavy atom. The Hall–Kier alpha value is -1.62. The smallest absolute Gasteiger partial charge is 0.341 e. The Morgan fingerprint density at radius 3 is 2.48 bits per heavy atom. The molecule has 1 N–H and O–H groups in total. The Kier molecular flexibility index (Phi) is 5.17. The molecule has 2 rings (SSSR count).